The number of hydrogen-bond donors (Lipinski definition) is 4. The van der Waals surface area contributed by atoms with Crippen molar-refractivity contribution in [1.29, 1.82) is 0 Å². The summed E-state index contributed by atoms with van der Waals surface area (Å²) < 4.78 is 37.3. The van der Waals surface area contributed by atoms with Gasteiger partial charge in [0.2, 0.25) is 0 Å². The predicted molar refractivity (Wildman–Crippen MR) is 47.5 cm³/mol. The number of aliphatic hydroxyl groups excluding tert-OH is 3. The van der Waals surface area contributed by atoms with Gasteiger partial charge in [-0.2, -0.15) is 13.2 Å². The maximum atomic E-state index is 12.4. The number of alkyl halides is 3. The number of hydrogen-bond acceptors (Lipinski definition) is 4. The molecular formula is C9H14F3NO3. The second-order valence-corrected chi connectivity index (χ2v) is 4.61. The standard InChI is InChI=1S/C9H14F3NO3/c10-9(11,12)7(16)5-6(15)4(14)3-13-8(5)1-2-8/h4-7,13-16H,1-3H2/t4-,5+,6+,7-/m1/s1. The molecule has 0 aromatic carbocycles. The maximum absolute atomic E-state index is 12.4. The van der Waals surface area contributed by atoms with Crippen LogP contribution in [0.25, 0.3) is 0 Å². The zero-order valence-electron chi connectivity index (χ0n) is 8.41. The monoisotopic (exact) mass is 241 g/mol. The number of rotatable bonds is 1. The molecule has 0 unspecified atom stereocenters. The van der Waals surface area contributed by atoms with E-state index >= 15 is 0 Å². The van der Waals surface area contributed by atoms with Gasteiger partial charge in [0.1, 0.15) is 0 Å². The van der Waals surface area contributed by atoms with Crippen LogP contribution in [0.1, 0.15) is 12.8 Å². The molecule has 0 aromatic heterocycles. The molecule has 1 saturated carbocycles. The van der Waals surface area contributed by atoms with Gasteiger partial charge in [0.25, 0.3) is 0 Å². The van der Waals surface area contributed by atoms with E-state index in [9.17, 15) is 28.5 Å². The van der Waals surface area contributed by atoms with Crippen LogP contribution < -0.4 is 5.32 Å². The fraction of sp³-hybridized carbons (Fsp3) is 1.00. The van der Waals surface area contributed by atoms with Gasteiger partial charge in [-0.25, -0.2) is 0 Å². The number of nitrogens with one attached hydrogen (secondary N) is 1. The zero-order valence-corrected chi connectivity index (χ0v) is 8.41. The van der Waals surface area contributed by atoms with Crippen LogP contribution in [-0.2, 0) is 0 Å². The first-order valence-electron chi connectivity index (χ1n) is 5.14. The Labute approximate surface area is 90.1 Å². The Kier molecular flexibility index (Phi) is 2.69. The smallest absolute Gasteiger partial charge is 0.390 e. The molecule has 1 aliphatic carbocycles. The van der Waals surface area contributed by atoms with Crippen molar-refractivity contribution in [2.75, 3.05) is 6.54 Å². The number of aliphatic hydroxyl groups is 3. The second kappa shape index (κ2) is 3.56. The van der Waals surface area contributed by atoms with Gasteiger partial charge in [-0.3, -0.25) is 0 Å². The van der Waals surface area contributed by atoms with Gasteiger partial charge in [0.05, 0.1) is 12.2 Å². The second-order valence-electron chi connectivity index (χ2n) is 4.61. The van der Waals surface area contributed by atoms with Crippen molar-refractivity contribution in [3.05, 3.63) is 0 Å². The third kappa shape index (κ3) is 1.81. The third-order valence-electron chi connectivity index (χ3n) is 3.53. The molecule has 1 aliphatic heterocycles. The molecule has 7 heteroatoms. The number of β-amino-alcohol motifs (C(OH)–C–C–N with tert-alkyl or cyclic N) is 1. The lowest BCUT2D eigenvalue weighted by molar-refractivity contribution is -0.243. The summed E-state index contributed by atoms with van der Waals surface area (Å²) in [6.45, 7) is 0.0578. The Balaban J connectivity index is 2.21. The number of halogens is 3. The molecule has 0 bridgehead atoms. The first kappa shape index (κ1) is 12.1. The summed E-state index contributed by atoms with van der Waals surface area (Å²) in [4.78, 5) is 0. The largest absolute Gasteiger partial charge is 0.414 e. The maximum Gasteiger partial charge on any atom is 0.414 e. The minimum atomic E-state index is -4.78. The predicted octanol–water partition coefficient (Wildman–Crippen LogP) is -0.617. The van der Waals surface area contributed by atoms with Gasteiger partial charge in [0, 0.05) is 18.0 Å². The summed E-state index contributed by atoms with van der Waals surface area (Å²) in [6.07, 6.45) is -9.23. The summed E-state index contributed by atoms with van der Waals surface area (Å²) in [5, 5.41) is 30.9. The normalized spacial score (nSPS) is 39.8. The first-order chi connectivity index (χ1) is 7.28. The van der Waals surface area contributed by atoms with E-state index < -0.39 is 35.9 Å². The van der Waals surface area contributed by atoms with Crippen LogP contribution in [0.2, 0.25) is 0 Å². The Hall–Kier alpha value is -0.370. The molecule has 0 amide bonds. The van der Waals surface area contributed by atoms with E-state index in [1.807, 2.05) is 0 Å². The van der Waals surface area contributed by atoms with Crippen LogP contribution in [0.3, 0.4) is 0 Å². The van der Waals surface area contributed by atoms with Crippen LogP contribution in [0, 0.1) is 5.92 Å². The minimum absolute atomic E-state index is 0.0578. The Morgan fingerprint density at radius 2 is 1.81 bits per heavy atom. The summed E-state index contributed by atoms with van der Waals surface area (Å²) >= 11 is 0. The van der Waals surface area contributed by atoms with Crippen molar-refractivity contribution in [3.8, 4) is 0 Å². The topological polar surface area (TPSA) is 72.7 Å². The highest BCUT2D eigenvalue weighted by atomic mass is 19.4. The molecule has 4 atom stereocenters. The first-order valence-corrected chi connectivity index (χ1v) is 5.14. The molecule has 0 radical (unpaired) electrons. The molecule has 2 rings (SSSR count). The summed E-state index contributed by atoms with van der Waals surface area (Å²) in [5.74, 6) is -1.39. The van der Waals surface area contributed by atoms with Crippen molar-refractivity contribution >= 4 is 0 Å². The van der Waals surface area contributed by atoms with Crippen LogP contribution >= 0.6 is 0 Å². The fourth-order valence-electron chi connectivity index (χ4n) is 2.45. The molecule has 4 nitrogen and oxygen atoms in total. The summed E-state index contributed by atoms with van der Waals surface area (Å²) in [5.41, 5.74) is -0.854. The van der Waals surface area contributed by atoms with Crippen LogP contribution in [0.4, 0.5) is 13.2 Å². The summed E-state index contributed by atoms with van der Waals surface area (Å²) in [7, 11) is 0. The Morgan fingerprint density at radius 3 is 2.25 bits per heavy atom. The molecule has 1 heterocycles. The van der Waals surface area contributed by atoms with E-state index in [-0.39, 0.29) is 6.54 Å². The van der Waals surface area contributed by atoms with Crippen molar-refractivity contribution in [3.63, 3.8) is 0 Å². The molecule has 94 valence electrons. The van der Waals surface area contributed by atoms with Gasteiger partial charge in [-0.15, -0.1) is 0 Å². The van der Waals surface area contributed by atoms with Crippen LogP contribution in [0.5, 0.6) is 0 Å². The van der Waals surface area contributed by atoms with Crippen molar-refractivity contribution in [1.82, 2.24) is 5.32 Å². The quantitative estimate of drug-likeness (QED) is 0.494. The van der Waals surface area contributed by atoms with E-state index in [0.29, 0.717) is 12.8 Å². The molecule has 2 aliphatic rings. The highest BCUT2D eigenvalue weighted by Crippen LogP contribution is 2.50. The van der Waals surface area contributed by atoms with Gasteiger partial charge in [0.15, 0.2) is 6.10 Å². The summed E-state index contributed by atoms with van der Waals surface area (Å²) in [6, 6.07) is 0. The highest BCUT2D eigenvalue weighted by molar-refractivity contribution is 5.15. The van der Waals surface area contributed by atoms with Crippen molar-refractivity contribution < 1.29 is 28.5 Å². The van der Waals surface area contributed by atoms with E-state index in [4.69, 9.17) is 0 Å². The molecule has 16 heavy (non-hydrogen) atoms. The highest BCUT2D eigenvalue weighted by Gasteiger charge is 2.63. The van der Waals surface area contributed by atoms with Crippen LogP contribution in [0.15, 0.2) is 0 Å². The molecular weight excluding hydrogens is 227 g/mol. The van der Waals surface area contributed by atoms with Gasteiger partial charge in [-0.05, 0) is 12.8 Å². The van der Waals surface area contributed by atoms with E-state index in [1.54, 1.807) is 0 Å². The number of piperidine rings is 1. The Bertz CT molecular complexity index is 280. The average molecular weight is 241 g/mol. The lowest BCUT2D eigenvalue weighted by Crippen LogP contribution is -2.63. The molecule has 1 saturated heterocycles. The zero-order chi connectivity index (χ0) is 12.1. The Morgan fingerprint density at radius 1 is 1.25 bits per heavy atom. The van der Waals surface area contributed by atoms with Crippen molar-refractivity contribution in [2.45, 2.75) is 42.9 Å². The van der Waals surface area contributed by atoms with E-state index in [1.165, 1.54) is 0 Å². The van der Waals surface area contributed by atoms with Crippen LogP contribution in [-0.4, -0.2) is 51.9 Å². The van der Waals surface area contributed by atoms with E-state index in [0.717, 1.165) is 0 Å². The average Bonchev–Trinajstić information content (AvgIpc) is 2.92. The van der Waals surface area contributed by atoms with E-state index in [2.05, 4.69) is 5.32 Å². The molecule has 0 aromatic rings. The van der Waals surface area contributed by atoms with Gasteiger partial charge in [-0.1, -0.05) is 0 Å². The molecule has 1 spiro atoms. The minimum Gasteiger partial charge on any atom is -0.390 e. The lowest BCUT2D eigenvalue weighted by atomic mass is 9.80. The molecule has 4 N–H and O–H groups in total. The van der Waals surface area contributed by atoms with Crippen molar-refractivity contribution in [2.24, 2.45) is 5.92 Å². The SMILES string of the molecule is O[C@@H]1[C@@H]([C@@H](O)C(F)(F)F)C2(CC2)NC[C@H]1O. The molecule has 2 fully saturated rings. The lowest BCUT2D eigenvalue weighted by Gasteiger charge is -2.42. The fourth-order valence-corrected chi connectivity index (χ4v) is 2.45. The third-order valence-corrected chi connectivity index (χ3v) is 3.53. The van der Waals surface area contributed by atoms with Gasteiger partial charge < -0.3 is 20.6 Å². The van der Waals surface area contributed by atoms with Gasteiger partial charge >= 0.3 is 6.18 Å².